The van der Waals surface area contributed by atoms with Crippen molar-refractivity contribution in [3.05, 3.63) is 65.2 Å². The van der Waals surface area contributed by atoms with Gasteiger partial charge in [0.2, 0.25) is 0 Å². The lowest BCUT2D eigenvalue weighted by Gasteiger charge is -2.14. The summed E-state index contributed by atoms with van der Waals surface area (Å²) in [6, 6.07) is 15.2. The summed E-state index contributed by atoms with van der Waals surface area (Å²) in [6.07, 6.45) is -0.580. The van der Waals surface area contributed by atoms with Gasteiger partial charge in [-0.1, -0.05) is 52.3 Å². The maximum atomic E-state index is 9.78. The molecule has 2 aromatic rings. The molecule has 0 unspecified atom stereocenters. The van der Waals surface area contributed by atoms with E-state index in [4.69, 9.17) is 4.74 Å². The number of hydrogen-bond donors (Lipinski definition) is 2. The van der Waals surface area contributed by atoms with Crippen molar-refractivity contribution in [1.29, 1.82) is 0 Å². The molecule has 0 bridgehead atoms. The number of rotatable bonds is 6. The van der Waals surface area contributed by atoms with E-state index < -0.39 is 6.10 Å². The highest BCUT2D eigenvalue weighted by atomic mass is 79.9. The van der Waals surface area contributed by atoms with Crippen molar-refractivity contribution >= 4 is 15.9 Å². The van der Waals surface area contributed by atoms with Gasteiger partial charge in [0.05, 0.1) is 12.7 Å². The summed E-state index contributed by atoms with van der Waals surface area (Å²) in [6.45, 7) is 0.334. The van der Waals surface area contributed by atoms with Crippen molar-refractivity contribution in [3.63, 3.8) is 0 Å². The molecule has 0 fully saturated rings. The first kappa shape index (κ1) is 15.0. The van der Waals surface area contributed by atoms with Crippen LogP contribution < -0.4 is 4.74 Å². The second-order valence-corrected chi connectivity index (χ2v) is 5.12. The van der Waals surface area contributed by atoms with Crippen LogP contribution in [-0.4, -0.2) is 15.5 Å². The van der Waals surface area contributed by atoms with Gasteiger partial charge in [0.15, 0.2) is 0 Å². The van der Waals surface area contributed by atoms with Crippen LogP contribution in [0.15, 0.2) is 48.5 Å². The first-order valence-corrected chi connectivity index (χ1v) is 7.51. The highest BCUT2D eigenvalue weighted by Crippen LogP contribution is 2.25. The number of aliphatic hydroxyl groups is 2. The number of alkyl halides is 1. The zero-order valence-corrected chi connectivity index (χ0v) is 12.6. The van der Waals surface area contributed by atoms with Crippen LogP contribution >= 0.6 is 15.9 Å². The van der Waals surface area contributed by atoms with Gasteiger partial charge in [0.25, 0.3) is 0 Å². The first-order chi connectivity index (χ1) is 9.74. The van der Waals surface area contributed by atoms with Crippen molar-refractivity contribution in [2.75, 3.05) is 5.33 Å². The zero-order valence-electron chi connectivity index (χ0n) is 11.0. The van der Waals surface area contributed by atoms with Gasteiger partial charge in [-0.05, 0) is 23.3 Å². The maximum absolute atomic E-state index is 9.78. The molecule has 2 rings (SSSR count). The van der Waals surface area contributed by atoms with E-state index in [0.717, 1.165) is 11.1 Å². The summed E-state index contributed by atoms with van der Waals surface area (Å²) in [5.41, 5.74) is 2.51. The highest BCUT2D eigenvalue weighted by Gasteiger charge is 2.10. The van der Waals surface area contributed by atoms with Crippen LogP contribution in [0.4, 0.5) is 0 Å². The molecule has 0 saturated carbocycles. The van der Waals surface area contributed by atoms with E-state index in [1.165, 1.54) is 0 Å². The number of aliphatic hydroxyl groups excluding tert-OH is 2. The molecule has 0 aliphatic carbocycles. The Hall–Kier alpha value is -1.36. The Morgan fingerprint density at radius 1 is 1.10 bits per heavy atom. The molecule has 20 heavy (non-hydrogen) atoms. The molecular weight excluding hydrogens is 320 g/mol. The standard InChI is InChI=1S/C16H17BrO3/c17-9-15(19)13-6-7-16(14(8-13)10-18)20-11-12-4-2-1-3-5-12/h1-8,15,18-19H,9-11H2/t15-/m0/s1. The molecular formula is C16H17BrO3. The first-order valence-electron chi connectivity index (χ1n) is 6.39. The Morgan fingerprint density at radius 2 is 1.85 bits per heavy atom. The Balaban J connectivity index is 2.11. The molecule has 0 aliphatic rings. The average molecular weight is 337 g/mol. The van der Waals surface area contributed by atoms with Gasteiger partial charge in [-0.25, -0.2) is 0 Å². The fraction of sp³-hybridized carbons (Fsp3) is 0.250. The Morgan fingerprint density at radius 3 is 2.50 bits per heavy atom. The molecule has 0 heterocycles. The smallest absolute Gasteiger partial charge is 0.125 e. The summed E-state index contributed by atoms with van der Waals surface area (Å²) in [5, 5.41) is 19.7. The van der Waals surface area contributed by atoms with Gasteiger partial charge < -0.3 is 14.9 Å². The van der Waals surface area contributed by atoms with E-state index in [2.05, 4.69) is 15.9 Å². The summed E-state index contributed by atoms with van der Waals surface area (Å²) in [4.78, 5) is 0. The topological polar surface area (TPSA) is 49.7 Å². The molecule has 106 valence electrons. The Bertz CT molecular complexity index is 543. The number of hydrogen-bond acceptors (Lipinski definition) is 3. The third-order valence-electron chi connectivity index (χ3n) is 3.02. The normalized spacial score (nSPS) is 12.2. The molecule has 0 aliphatic heterocycles. The van der Waals surface area contributed by atoms with Crippen molar-refractivity contribution in [3.8, 4) is 5.75 Å². The molecule has 1 atom stereocenters. The van der Waals surface area contributed by atoms with Crippen LogP contribution in [0.3, 0.4) is 0 Å². The molecule has 2 N–H and O–H groups in total. The predicted octanol–water partition coefficient (Wildman–Crippen LogP) is 3.19. The third kappa shape index (κ3) is 3.82. The average Bonchev–Trinajstić information content (AvgIpc) is 2.53. The second-order valence-electron chi connectivity index (χ2n) is 4.47. The zero-order chi connectivity index (χ0) is 14.4. The van der Waals surface area contributed by atoms with E-state index in [1.807, 2.05) is 36.4 Å². The maximum Gasteiger partial charge on any atom is 0.125 e. The van der Waals surface area contributed by atoms with Gasteiger partial charge in [-0.15, -0.1) is 0 Å². The number of halogens is 1. The quantitative estimate of drug-likeness (QED) is 0.796. The van der Waals surface area contributed by atoms with Crippen LogP contribution in [0.25, 0.3) is 0 Å². The van der Waals surface area contributed by atoms with Crippen LogP contribution in [0.2, 0.25) is 0 Å². The van der Waals surface area contributed by atoms with Gasteiger partial charge >= 0.3 is 0 Å². The molecule has 0 spiro atoms. The van der Waals surface area contributed by atoms with Gasteiger partial charge in [-0.2, -0.15) is 0 Å². The van der Waals surface area contributed by atoms with E-state index >= 15 is 0 Å². The molecule has 0 aromatic heterocycles. The third-order valence-corrected chi connectivity index (χ3v) is 3.64. The summed E-state index contributed by atoms with van der Waals surface area (Å²) in [5.74, 6) is 0.641. The van der Waals surface area contributed by atoms with Gasteiger partial charge in [-0.3, -0.25) is 0 Å². The SMILES string of the molecule is OCc1cc([C@@H](O)CBr)ccc1OCc1ccccc1. The fourth-order valence-electron chi connectivity index (χ4n) is 1.90. The van der Waals surface area contributed by atoms with E-state index in [9.17, 15) is 10.2 Å². The highest BCUT2D eigenvalue weighted by molar-refractivity contribution is 9.09. The van der Waals surface area contributed by atoms with Crippen molar-refractivity contribution in [2.24, 2.45) is 0 Å². The van der Waals surface area contributed by atoms with Gasteiger partial charge in [0, 0.05) is 10.9 Å². The lowest BCUT2D eigenvalue weighted by Crippen LogP contribution is -2.03. The lowest BCUT2D eigenvalue weighted by atomic mass is 10.1. The Kier molecular flexibility index (Phi) is 5.59. The monoisotopic (exact) mass is 336 g/mol. The molecule has 4 heteroatoms. The molecule has 0 amide bonds. The predicted molar refractivity (Wildman–Crippen MR) is 81.9 cm³/mol. The van der Waals surface area contributed by atoms with Gasteiger partial charge in [0.1, 0.15) is 12.4 Å². The van der Waals surface area contributed by atoms with E-state index in [0.29, 0.717) is 23.2 Å². The van der Waals surface area contributed by atoms with E-state index in [1.54, 1.807) is 12.1 Å². The molecule has 2 aromatic carbocycles. The molecule has 0 saturated heterocycles. The van der Waals surface area contributed by atoms with Crippen molar-refractivity contribution in [1.82, 2.24) is 0 Å². The van der Waals surface area contributed by atoms with Crippen LogP contribution in [0, 0.1) is 0 Å². The minimum Gasteiger partial charge on any atom is -0.489 e. The van der Waals surface area contributed by atoms with Crippen molar-refractivity contribution in [2.45, 2.75) is 19.3 Å². The molecule has 3 nitrogen and oxygen atoms in total. The Labute approximate surface area is 127 Å². The molecule has 0 radical (unpaired) electrons. The summed E-state index contributed by atoms with van der Waals surface area (Å²) < 4.78 is 5.73. The van der Waals surface area contributed by atoms with Crippen LogP contribution in [0.5, 0.6) is 5.75 Å². The van der Waals surface area contributed by atoms with Crippen molar-refractivity contribution < 1.29 is 14.9 Å². The summed E-state index contributed by atoms with van der Waals surface area (Å²) in [7, 11) is 0. The second kappa shape index (κ2) is 7.43. The van der Waals surface area contributed by atoms with Crippen LogP contribution in [0.1, 0.15) is 22.8 Å². The minimum absolute atomic E-state index is 0.118. The largest absolute Gasteiger partial charge is 0.489 e. The number of benzene rings is 2. The lowest BCUT2D eigenvalue weighted by molar-refractivity contribution is 0.204. The fourth-order valence-corrected chi connectivity index (χ4v) is 2.27. The minimum atomic E-state index is -0.580. The summed E-state index contributed by atoms with van der Waals surface area (Å²) >= 11 is 3.23. The van der Waals surface area contributed by atoms with E-state index in [-0.39, 0.29) is 6.61 Å². The number of ether oxygens (including phenoxy) is 1. The van der Waals surface area contributed by atoms with Crippen LogP contribution in [-0.2, 0) is 13.2 Å².